The molecule has 0 aliphatic rings. The van der Waals surface area contributed by atoms with E-state index in [0.29, 0.717) is 6.42 Å². The highest BCUT2D eigenvalue weighted by Gasteiger charge is 2.18. The van der Waals surface area contributed by atoms with E-state index in [4.69, 9.17) is 4.74 Å². The number of imidazole rings is 1. The van der Waals surface area contributed by atoms with Gasteiger partial charge in [-0.1, -0.05) is 32.9 Å². The zero-order valence-corrected chi connectivity index (χ0v) is 17.8. The van der Waals surface area contributed by atoms with Gasteiger partial charge in [-0.15, -0.1) is 0 Å². The third kappa shape index (κ3) is 4.20. The molecule has 1 aromatic heterocycles. The number of hydrogen-bond donors (Lipinski definition) is 1. The Morgan fingerprint density at radius 3 is 2.39 bits per heavy atom. The largest absolute Gasteiger partial charge is 0.497 e. The maximum Gasteiger partial charge on any atom is 0.240 e. The third-order valence-corrected chi connectivity index (χ3v) is 6.33. The minimum atomic E-state index is -3.55. The van der Waals surface area contributed by atoms with Crippen molar-refractivity contribution in [3.8, 4) is 5.75 Å². The summed E-state index contributed by atoms with van der Waals surface area (Å²) < 4.78 is 35.0. The second-order valence-electron chi connectivity index (χ2n) is 7.86. The van der Waals surface area contributed by atoms with Crippen LogP contribution in [0.25, 0.3) is 11.0 Å². The highest BCUT2D eigenvalue weighted by molar-refractivity contribution is 7.89. The average Bonchev–Trinajstić information content (AvgIpc) is 2.96. The molecule has 0 spiro atoms. The number of hydrogen-bond acceptors (Lipinski definition) is 4. The van der Waals surface area contributed by atoms with E-state index >= 15 is 0 Å². The van der Waals surface area contributed by atoms with Crippen LogP contribution in [-0.2, 0) is 28.9 Å². The van der Waals surface area contributed by atoms with E-state index < -0.39 is 10.0 Å². The van der Waals surface area contributed by atoms with Gasteiger partial charge in [-0.25, -0.2) is 18.1 Å². The number of rotatable bonds is 6. The molecule has 0 aliphatic heterocycles. The SMILES string of the molecule is COc1ccc2c(c1)nc(CCNS(=O)(=O)c1ccc(C(C)(C)C)cc1)n2C. The number of nitrogens with one attached hydrogen (secondary N) is 1. The number of benzene rings is 2. The number of methoxy groups -OCH3 is 1. The van der Waals surface area contributed by atoms with Crippen molar-refractivity contribution in [2.45, 2.75) is 37.5 Å². The summed E-state index contributed by atoms with van der Waals surface area (Å²) in [6, 6.07) is 12.8. The van der Waals surface area contributed by atoms with Gasteiger partial charge in [0.25, 0.3) is 0 Å². The molecule has 0 atom stereocenters. The molecule has 0 radical (unpaired) electrons. The van der Waals surface area contributed by atoms with Crippen LogP contribution >= 0.6 is 0 Å². The van der Waals surface area contributed by atoms with Gasteiger partial charge in [-0.2, -0.15) is 0 Å². The van der Waals surface area contributed by atoms with Crippen LogP contribution in [-0.4, -0.2) is 31.6 Å². The molecular formula is C21H27N3O3S. The molecule has 150 valence electrons. The lowest BCUT2D eigenvalue weighted by Gasteiger charge is -2.19. The van der Waals surface area contributed by atoms with Gasteiger partial charge in [-0.05, 0) is 35.2 Å². The van der Waals surface area contributed by atoms with E-state index in [-0.39, 0.29) is 16.9 Å². The van der Waals surface area contributed by atoms with Gasteiger partial charge in [0, 0.05) is 26.1 Å². The van der Waals surface area contributed by atoms with Gasteiger partial charge >= 0.3 is 0 Å². The van der Waals surface area contributed by atoms with Gasteiger partial charge < -0.3 is 9.30 Å². The molecule has 1 N–H and O–H groups in total. The smallest absolute Gasteiger partial charge is 0.240 e. The Balaban J connectivity index is 1.70. The minimum absolute atomic E-state index is 0.0153. The van der Waals surface area contributed by atoms with Crippen LogP contribution in [0.3, 0.4) is 0 Å². The molecule has 0 saturated carbocycles. The minimum Gasteiger partial charge on any atom is -0.497 e. The molecule has 0 unspecified atom stereocenters. The molecule has 6 nitrogen and oxygen atoms in total. The van der Waals surface area contributed by atoms with Gasteiger partial charge in [0.05, 0.1) is 23.0 Å². The van der Waals surface area contributed by atoms with Crippen molar-refractivity contribution in [3.05, 3.63) is 53.9 Å². The fourth-order valence-electron chi connectivity index (χ4n) is 3.09. The van der Waals surface area contributed by atoms with E-state index in [0.717, 1.165) is 28.2 Å². The Labute approximate surface area is 166 Å². The summed E-state index contributed by atoms with van der Waals surface area (Å²) in [6.45, 7) is 6.57. The molecule has 0 bridgehead atoms. The molecule has 3 rings (SSSR count). The third-order valence-electron chi connectivity index (χ3n) is 4.85. The standard InChI is InChI=1S/C21H27N3O3S/c1-21(2,3)15-6-9-17(10-7-15)28(25,26)22-13-12-20-23-18-14-16(27-5)8-11-19(18)24(20)4/h6-11,14,22H,12-13H2,1-5H3. The lowest BCUT2D eigenvalue weighted by molar-refractivity contribution is 0.415. The topological polar surface area (TPSA) is 73.2 Å². The molecule has 7 heteroatoms. The molecule has 3 aromatic rings. The predicted octanol–water partition coefficient (Wildman–Crippen LogP) is 3.40. The van der Waals surface area contributed by atoms with Crippen LogP contribution in [0.1, 0.15) is 32.2 Å². The summed E-state index contributed by atoms with van der Waals surface area (Å²) in [5.41, 5.74) is 2.90. The normalized spacial score (nSPS) is 12.5. The summed E-state index contributed by atoms with van der Waals surface area (Å²) in [4.78, 5) is 4.87. The molecule has 2 aromatic carbocycles. The molecule has 0 amide bonds. The first-order valence-electron chi connectivity index (χ1n) is 9.21. The van der Waals surface area contributed by atoms with Crippen LogP contribution in [0.15, 0.2) is 47.4 Å². The molecule has 1 heterocycles. The maximum absolute atomic E-state index is 12.6. The Hall–Kier alpha value is -2.38. The van der Waals surface area contributed by atoms with Crippen LogP contribution in [0.2, 0.25) is 0 Å². The van der Waals surface area contributed by atoms with E-state index in [1.807, 2.05) is 41.9 Å². The molecule has 0 fully saturated rings. The second-order valence-corrected chi connectivity index (χ2v) is 9.63. The fourth-order valence-corrected chi connectivity index (χ4v) is 4.13. The van der Waals surface area contributed by atoms with Gasteiger partial charge in [0.1, 0.15) is 11.6 Å². The van der Waals surface area contributed by atoms with Crippen LogP contribution in [0, 0.1) is 0 Å². The number of aromatic nitrogens is 2. The molecule has 0 saturated heterocycles. The number of aryl methyl sites for hydroxylation is 1. The zero-order valence-electron chi connectivity index (χ0n) is 17.0. The van der Waals surface area contributed by atoms with Crippen molar-refractivity contribution in [2.24, 2.45) is 7.05 Å². The van der Waals surface area contributed by atoms with E-state index in [1.54, 1.807) is 19.2 Å². The summed E-state index contributed by atoms with van der Waals surface area (Å²) >= 11 is 0. The Kier molecular flexibility index (Phi) is 5.50. The highest BCUT2D eigenvalue weighted by atomic mass is 32.2. The summed E-state index contributed by atoms with van der Waals surface area (Å²) in [5, 5.41) is 0. The van der Waals surface area contributed by atoms with Crippen LogP contribution < -0.4 is 9.46 Å². The van der Waals surface area contributed by atoms with Crippen molar-refractivity contribution >= 4 is 21.1 Å². The number of sulfonamides is 1. The Morgan fingerprint density at radius 2 is 1.79 bits per heavy atom. The predicted molar refractivity (Wildman–Crippen MR) is 111 cm³/mol. The van der Waals surface area contributed by atoms with Gasteiger partial charge in [0.2, 0.25) is 10.0 Å². The molecule has 28 heavy (non-hydrogen) atoms. The fraction of sp³-hybridized carbons (Fsp3) is 0.381. The Bertz CT molecular complexity index is 1080. The van der Waals surface area contributed by atoms with Crippen molar-refractivity contribution in [1.29, 1.82) is 0 Å². The van der Waals surface area contributed by atoms with Gasteiger partial charge in [-0.3, -0.25) is 0 Å². The van der Waals surface area contributed by atoms with Crippen molar-refractivity contribution < 1.29 is 13.2 Å². The van der Waals surface area contributed by atoms with Crippen LogP contribution in [0.5, 0.6) is 5.75 Å². The number of nitrogens with zero attached hydrogens (tertiary/aromatic N) is 2. The van der Waals surface area contributed by atoms with E-state index in [9.17, 15) is 8.42 Å². The van der Waals surface area contributed by atoms with E-state index in [1.165, 1.54) is 0 Å². The van der Waals surface area contributed by atoms with Crippen molar-refractivity contribution in [1.82, 2.24) is 14.3 Å². The number of ether oxygens (including phenoxy) is 1. The quantitative estimate of drug-likeness (QED) is 0.687. The highest BCUT2D eigenvalue weighted by Crippen LogP contribution is 2.24. The van der Waals surface area contributed by atoms with E-state index in [2.05, 4.69) is 30.5 Å². The summed E-state index contributed by atoms with van der Waals surface area (Å²) in [6.07, 6.45) is 0.493. The zero-order chi connectivity index (χ0) is 20.5. The van der Waals surface area contributed by atoms with Crippen molar-refractivity contribution in [2.75, 3.05) is 13.7 Å². The number of fused-ring (bicyclic) bond motifs is 1. The average molecular weight is 402 g/mol. The lowest BCUT2D eigenvalue weighted by atomic mass is 9.87. The van der Waals surface area contributed by atoms with Gasteiger partial charge in [0.15, 0.2) is 0 Å². The van der Waals surface area contributed by atoms with Crippen LogP contribution in [0.4, 0.5) is 0 Å². The molecule has 0 aliphatic carbocycles. The maximum atomic E-state index is 12.6. The lowest BCUT2D eigenvalue weighted by Crippen LogP contribution is -2.26. The Morgan fingerprint density at radius 1 is 1.11 bits per heavy atom. The summed E-state index contributed by atoms with van der Waals surface area (Å²) in [5.74, 6) is 1.56. The molecular weight excluding hydrogens is 374 g/mol. The first kappa shape index (κ1) is 20.4. The summed E-state index contributed by atoms with van der Waals surface area (Å²) in [7, 11) is -0.00699. The first-order chi connectivity index (χ1) is 13.1. The van der Waals surface area contributed by atoms with Crippen molar-refractivity contribution in [3.63, 3.8) is 0 Å². The second kappa shape index (κ2) is 7.56. The monoisotopic (exact) mass is 401 g/mol. The first-order valence-corrected chi connectivity index (χ1v) is 10.7.